The number of hydrogen-bond acceptors (Lipinski definition) is 3. The zero-order valence-corrected chi connectivity index (χ0v) is 13.2. The van der Waals surface area contributed by atoms with Gasteiger partial charge >= 0.3 is 5.69 Å². The summed E-state index contributed by atoms with van der Waals surface area (Å²) >= 11 is 6.38. The smallest absolute Gasteiger partial charge is 0.310 e. The highest BCUT2D eigenvalue weighted by atomic mass is 35.5. The van der Waals surface area contributed by atoms with Gasteiger partial charge in [0, 0.05) is 11.4 Å². The van der Waals surface area contributed by atoms with E-state index in [0.29, 0.717) is 18.8 Å². The molecule has 0 fully saturated rings. The number of rotatable bonds is 6. The molecule has 4 nitrogen and oxygen atoms in total. The van der Waals surface area contributed by atoms with Crippen LogP contribution in [-0.4, -0.2) is 16.9 Å². The SMILES string of the molecule is CCCOc1cc(CC(Cl)C(C)(C)C)ccc1[N+](=O)[O-]. The van der Waals surface area contributed by atoms with Gasteiger partial charge in [-0.05, 0) is 29.9 Å². The van der Waals surface area contributed by atoms with Crippen LogP contribution in [0.1, 0.15) is 39.7 Å². The van der Waals surface area contributed by atoms with Crippen LogP contribution in [0.4, 0.5) is 5.69 Å². The summed E-state index contributed by atoms with van der Waals surface area (Å²) in [6, 6.07) is 4.97. The first-order valence-corrected chi connectivity index (χ1v) is 7.23. The average molecular weight is 300 g/mol. The molecule has 0 aliphatic rings. The Balaban J connectivity index is 2.97. The van der Waals surface area contributed by atoms with Crippen molar-refractivity contribution in [1.82, 2.24) is 0 Å². The minimum absolute atomic E-state index is 0.00378. The summed E-state index contributed by atoms with van der Waals surface area (Å²) in [5.74, 6) is 0.326. The van der Waals surface area contributed by atoms with Crippen molar-refractivity contribution in [2.45, 2.75) is 45.9 Å². The Hall–Kier alpha value is -1.29. The molecule has 1 aromatic rings. The van der Waals surface area contributed by atoms with Crippen molar-refractivity contribution in [1.29, 1.82) is 0 Å². The molecule has 0 saturated carbocycles. The van der Waals surface area contributed by atoms with Gasteiger partial charge in [-0.2, -0.15) is 0 Å². The first-order chi connectivity index (χ1) is 9.25. The summed E-state index contributed by atoms with van der Waals surface area (Å²) in [7, 11) is 0. The minimum atomic E-state index is -0.420. The normalized spacial score (nSPS) is 13.1. The molecule has 5 heteroatoms. The van der Waals surface area contributed by atoms with Gasteiger partial charge in [-0.1, -0.05) is 33.8 Å². The molecule has 0 spiro atoms. The van der Waals surface area contributed by atoms with E-state index in [-0.39, 0.29) is 16.5 Å². The highest BCUT2D eigenvalue weighted by Gasteiger charge is 2.23. The summed E-state index contributed by atoms with van der Waals surface area (Å²) in [5.41, 5.74) is 0.939. The van der Waals surface area contributed by atoms with Crippen molar-refractivity contribution in [3.05, 3.63) is 33.9 Å². The maximum Gasteiger partial charge on any atom is 0.310 e. The minimum Gasteiger partial charge on any atom is -0.487 e. The molecule has 1 unspecified atom stereocenters. The van der Waals surface area contributed by atoms with E-state index in [1.54, 1.807) is 12.1 Å². The van der Waals surface area contributed by atoms with Crippen LogP contribution in [0.25, 0.3) is 0 Å². The monoisotopic (exact) mass is 299 g/mol. The number of halogens is 1. The lowest BCUT2D eigenvalue weighted by Gasteiger charge is -2.25. The molecule has 0 radical (unpaired) electrons. The molecule has 0 N–H and O–H groups in total. The Morgan fingerprint density at radius 1 is 1.40 bits per heavy atom. The molecular weight excluding hydrogens is 278 g/mol. The van der Waals surface area contributed by atoms with Crippen LogP contribution in [0.15, 0.2) is 18.2 Å². The van der Waals surface area contributed by atoms with Gasteiger partial charge in [0.1, 0.15) is 0 Å². The van der Waals surface area contributed by atoms with E-state index in [1.165, 1.54) is 6.07 Å². The third kappa shape index (κ3) is 4.67. The molecular formula is C15H22ClNO3. The number of nitro benzene ring substituents is 1. The highest BCUT2D eigenvalue weighted by molar-refractivity contribution is 6.21. The van der Waals surface area contributed by atoms with Gasteiger partial charge in [0.15, 0.2) is 5.75 Å². The first kappa shape index (κ1) is 16.8. The van der Waals surface area contributed by atoms with Gasteiger partial charge in [0.05, 0.1) is 11.5 Å². The van der Waals surface area contributed by atoms with Crippen molar-refractivity contribution in [3.63, 3.8) is 0 Å². The number of nitrogens with zero attached hydrogens (tertiary/aromatic N) is 1. The summed E-state index contributed by atoms with van der Waals surface area (Å²) < 4.78 is 5.47. The van der Waals surface area contributed by atoms with E-state index >= 15 is 0 Å². The quantitative estimate of drug-likeness (QED) is 0.439. The Morgan fingerprint density at radius 3 is 2.55 bits per heavy atom. The fourth-order valence-corrected chi connectivity index (χ4v) is 1.86. The van der Waals surface area contributed by atoms with E-state index in [9.17, 15) is 10.1 Å². The molecule has 0 aliphatic carbocycles. The van der Waals surface area contributed by atoms with Gasteiger partial charge in [-0.25, -0.2) is 0 Å². The number of benzene rings is 1. The van der Waals surface area contributed by atoms with Crippen LogP contribution in [0.5, 0.6) is 5.75 Å². The molecule has 0 saturated heterocycles. The lowest BCUT2D eigenvalue weighted by molar-refractivity contribution is -0.385. The summed E-state index contributed by atoms with van der Waals surface area (Å²) in [5, 5.41) is 10.9. The van der Waals surface area contributed by atoms with Gasteiger partial charge in [0.2, 0.25) is 0 Å². The van der Waals surface area contributed by atoms with Gasteiger partial charge in [0.25, 0.3) is 0 Å². The molecule has 0 heterocycles. The second-order valence-electron chi connectivity index (χ2n) is 5.95. The van der Waals surface area contributed by atoms with Crippen molar-refractivity contribution in [2.75, 3.05) is 6.61 Å². The van der Waals surface area contributed by atoms with Crippen molar-refractivity contribution >= 4 is 17.3 Å². The Bertz CT molecular complexity index is 469. The van der Waals surface area contributed by atoms with Crippen LogP contribution in [0.3, 0.4) is 0 Å². The summed E-state index contributed by atoms with van der Waals surface area (Å²) in [4.78, 5) is 10.6. The lowest BCUT2D eigenvalue weighted by atomic mass is 9.88. The van der Waals surface area contributed by atoms with Crippen LogP contribution in [-0.2, 0) is 6.42 Å². The zero-order valence-electron chi connectivity index (χ0n) is 12.5. The van der Waals surface area contributed by atoms with Gasteiger partial charge in [-0.15, -0.1) is 11.6 Å². The molecule has 0 bridgehead atoms. The van der Waals surface area contributed by atoms with Crippen LogP contribution >= 0.6 is 11.6 Å². The predicted octanol–water partition coefficient (Wildman–Crippen LogP) is 4.58. The number of alkyl halides is 1. The molecule has 112 valence electrons. The van der Waals surface area contributed by atoms with Crippen molar-refractivity contribution in [2.24, 2.45) is 5.41 Å². The molecule has 1 atom stereocenters. The Morgan fingerprint density at radius 2 is 2.05 bits per heavy atom. The molecule has 1 rings (SSSR count). The maximum absolute atomic E-state index is 11.0. The third-order valence-electron chi connectivity index (χ3n) is 3.04. The molecule has 0 amide bonds. The average Bonchev–Trinajstić information content (AvgIpc) is 2.35. The fraction of sp³-hybridized carbons (Fsp3) is 0.600. The Labute approximate surface area is 125 Å². The molecule has 1 aromatic carbocycles. The highest BCUT2D eigenvalue weighted by Crippen LogP contribution is 2.32. The van der Waals surface area contributed by atoms with Crippen molar-refractivity contribution in [3.8, 4) is 5.75 Å². The second-order valence-corrected chi connectivity index (χ2v) is 6.47. The van der Waals surface area contributed by atoms with Crippen LogP contribution in [0.2, 0.25) is 0 Å². The molecule has 0 aliphatic heterocycles. The van der Waals surface area contributed by atoms with E-state index < -0.39 is 4.92 Å². The Kier molecular flexibility index (Phi) is 5.81. The zero-order chi connectivity index (χ0) is 15.3. The fourth-order valence-electron chi connectivity index (χ4n) is 1.68. The summed E-state index contributed by atoms with van der Waals surface area (Å²) in [6.07, 6.45) is 1.47. The van der Waals surface area contributed by atoms with E-state index in [2.05, 4.69) is 20.8 Å². The molecule has 0 aromatic heterocycles. The van der Waals surface area contributed by atoms with Gasteiger partial charge in [-0.3, -0.25) is 10.1 Å². The predicted molar refractivity (Wildman–Crippen MR) is 81.7 cm³/mol. The van der Waals surface area contributed by atoms with Crippen molar-refractivity contribution < 1.29 is 9.66 Å². The third-order valence-corrected chi connectivity index (χ3v) is 3.85. The topological polar surface area (TPSA) is 52.4 Å². The van der Waals surface area contributed by atoms with E-state index in [1.807, 2.05) is 6.92 Å². The number of hydrogen-bond donors (Lipinski definition) is 0. The number of ether oxygens (including phenoxy) is 1. The van der Waals surface area contributed by atoms with E-state index in [4.69, 9.17) is 16.3 Å². The van der Waals surface area contributed by atoms with Gasteiger partial charge < -0.3 is 4.74 Å². The lowest BCUT2D eigenvalue weighted by Crippen LogP contribution is -2.22. The van der Waals surface area contributed by atoms with Crippen LogP contribution < -0.4 is 4.74 Å². The van der Waals surface area contributed by atoms with E-state index in [0.717, 1.165) is 12.0 Å². The standard InChI is InChI=1S/C15H22ClNO3/c1-5-8-20-13-9-11(6-7-12(13)17(18)19)10-14(16)15(2,3)4/h6-7,9,14H,5,8,10H2,1-4H3. The van der Waals surface area contributed by atoms with Crippen LogP contribution in [0, 0.1) is 15.5 Å². The summed E-state index contributed by atoms with van der Waals surface area (Å²) in [6.45, 7) is 8.65. The number of nitro groups is 1. The maximum atomic E-state index is 11.0. The molecule has 20 heavy (non-hydrogen) atoms. The largest absolute Gasteiger partial charge is 0.487 e. The first-order valence-electron chi connectivity index (χ1n) is 6.80. The second kappa shape index (κ2) is 6.93.